The second kappa shape index (κ2) is 4.93. The Labute approximate surface area is 99.5 Å². The van der Waals surface area contributed by atoms with Gasteiger partial charge < -0.3 is 4.55 Å². The summed E-state index contributed by atoms with van der Waals surface area (Å²) in [6.45, 7) is 2.73. The van der Waals surface area contributed by atoms with Gasteiger partial charge in [0.2, 0.25) is 0 Å². The zero-order chi connectivity index (χ0) is 9.19. The average molecular weight is 206 g/mol. The smallest absolute Gasteiger partial charge is 0.745 e. The van der Waals surface area contributed by atoms with Crippen LogP contribution in [0.15, 0.2) is 36.3 Å². The molecule has 2 aliphatic rings. The SMILES string of the molecule is C=CS(=O)(=O)[O-].[Na+].c1cc2ccc1-2. The van der Waals surface area contributed by atoms with Gasteiger partial charge in [0.1, 0.15) is 10.1 Å². The molecule has 2 rings (SSSR count). The summed E-state index contributed by atoms with van der Waals surface area (Å²) in [5.74, 6) is 0. The summed E-state index contributed by atoms with van der Waals surface area (Å²) in [5, 5.41) is 0.354. The summed E-state index contributed by atoms with van der Waals surface area (Å²) in [6.07, 6.45) is 0. The van der Waals surface area contributed by atoms with Gasteiger partial charge in [-0.3, -0.25) is 0 Å². The zero-order valence-corrected chi connectivity index (χ0v) is 10.0. The van der Waals surface area contributed by atoms with Gasteiger partial charge in [-0.2, -0.15) is 0 Å². The number of benzene rings is 1. The third-order valence-corrected chi connectivity index (χ3v) is 1.83. The summed E-state index contributed by atoms with van der Waals surface area (Å²) in [5.41, 5.74) is 2.85. The van der Waals surface area contributed by atoms with Crippen molar-refractivity contribution in [2.45, 2.75) is 0 Å². The molecule has 0 amide bonds. The van der Waals surface area contributed by atoms with Crippen LogP contribution in [-0.2, 0) is 10.1 Å². The van der Waals surface area contributed by atoms with Crippen LogP contribution in [0.25, 0.3) is 11.1 Å². The van der Waals surface area contributed by atoms with Crippen molar-refractivity contribution in [2.75, 3.05) is 0 Å². The molecule has 0 spiro atoms. The predicted octanol–water partition coefficient (Wildman–Crippen LogP) is -1.65. The fraction of sp³-hybridized carbons (Fsp3) is 0. The molecular weight excluding hydrogens is 199 g/mol. The molecule has 2 aliphatic carbocycles. The molecule has 0 aromatic carbocycles. The molecule has 0 unspecified atom stereocenters. The molecule has 0 aromatic heterocycles. The number of rotatable bonds is 1. The van der Waals surface area contributed by atoms with Crippen molar-refractivity contribution < 1.29 is 42.5 Å². The fourth-order valence-electron chi connectivity index (χ4n) is 0.663. The number of hydrogen-bond acceptors (Lipinski definition) is 3. The van der Waals surface area contributed by atoms with Crippen molar-refractivity contribution in [1.29, 1.82) is 0 Å². The standard InChI is InChI=1S/C6H4.C2H4O3S.Na/c1-2-6-4-3-5(1)6;1-2-6(3,4)5;/h1-4H;2H,1H2,(H,3,4,5);/q;;+1/p-1. The summed E-state index contributed by atoms with van der Waals surface area (Å²) < 4.78 is 28.0. The summed E-state index contributed by atoms with van der Waals surface area (Å²) >= 11 is 0. The normalized spacial score (nSPS) is 10.2. The third kappa shape index (κ3) is 4.06. The topological polar surface area (TPSA) is 57.2 Å². The first-order valence-electron chi connectivity index (χ1n) is 3.22. The van der Waals surface area contributed by atoms with E-state index < -0.39 is 10.1 Å². The monoisotopic (exact) mass is 206 g/mol. The molecule has 0 aliphatic heterocycles. The minimum Gasteiger partial charge on any atom is -0.745 e. The Kier molecular flexibility index (Phi) is 4.88. The first-order valence-corrected chi connectivity index (χ1v) is 4.69. The maximum absolute atomic E-state index is 9.33. The van der Waals surface area contributed by atoms with E-state index in [1.54, 1.807) is 0 Å². The van der Waals surface area contributed by atoms with Crippen molar-refractivity contribution >= 4 is 10.1 Å². The maximum atomic E-state index is 9.33. The molecule has 5 heteroatoms. The summed E-state index contributed by atoms with van der Waals surface area (Å²) in [6, 6.07) is 8.48. The molecule has 0 N–H and O–H groups in total. The first-order chi connectivity index (χ1) is 5.53. The number of hydrogen-bond donors (Lipinski definition) is 0. The minimum atomic E-state index is -4.15. The minimum absolute atomic E-state index is 0. The molecule has 0 heterocycles. The Balaban J connectivity index is 0.000000206. The first kappa shape index (κ1) is 12.9. The van der Waals surface area contributed by atoms with E-state index >= 15 is 0 Å². The van der Waals surface area contributed by atoms with Crippen LogP contribution < -0.4 is 29.6 Å². The van der Waals surface area contributed by atoms with Gasteiger partial charge in [0.15, 0.2) is 0 Å². The fourth-order valence-corrected chi connectivity index (χ4v) is 0.663. The number of fused-ring (bicyclic) bond motifs is 1. The van der Waals surface area contributed by atoms with Gasteiger partial charge in [-0.05, 0) is 11.1 Å². The van der Waals surface area contributed by atoms with Crippen molar-refractivity contribution in [3.05, 3.63) is 36.3 Å². The van der Waals surface area contributed by atoms with Crippen LogP contribution in [0.3, 0.4) is 0 Å². The van der Waals surface area contributed by atoms with Crippen molar-refractivity contribution in [3.63, 3.8) is 0 Å². The largest absolute Gasteiger partial charge is 1.00 e. The van der Waals surface area contributed by atoms with Gasteiger partial charge in [0, 0.05) is 5.41 Å². The van der Waals surface area contributed by atoms with Crippen molar-refractivity contribution in [2.24, 2.45) is 0 Å². The van der Waals surface area contributed by atoms with Crippen LogP contribution in [-0.4, -0.2) is 13.0 Å². The Morgan fingerprint density at radius 3 is 1.38 bits per heavy atom. The van der Waals surface area contributed by atoms with Crippen LogP contribution >= 0.6 is 0 Å². The second-order valence-electron chi connectivity index (χ2n) is 2.24. The van der Waals surface area contributed by atoms with E-state index in [-0.39, 0.29) is 29.6 Å². The van der Waals surface area contributed by atoms with Gasteiger partial charge in [-0.15, -0.1) is 0 Å². The molecular formula is C8H7NaO3S. The molecule has 0 atom stereocenters. The predicted molar refractivity (Wildman–Crippen MR) is 45.3 cm³/mol. The van der Waals surface area contributed by atoms with E-state index in [1.165, 1.54) is 11.1 Å². The Morgan fingerprint density at radius 1 is 1.15 bits per heavy atom. The van der Waals surface area contributed by atoms with Crippen molar-refractivity contribution in [1.82, 2.24) is 0 Å². The molecule has 64 valence electrons. The van der Waals surface area contributed by atoms with Gasteiger partial charge >= 0.3 is 29.6 Å². The Bertz CT molecular complexity index is 348. The van der Waals surface area contributed by atoms with Gasteiger partial charge in [0.25, 0.3) is 0 Å². The van der Waals surface area contributed by atoms with E-state index in [9.17, 15) is 13.0 Å². The van der Waals surface area contributed by atoms with Crippen LogP contribution in [0.5, 0.6) is 0 Å². The summed E-state index contributed by atoms with van der Waals surface area (Å²) in [7, 11) is -4.15. The third-order valence-electron chi connectivity index (χ3n) is 1.42. The second-order valence-corrected chi connectivity index (χ2v) is 3.56. The van der Waals surface area contributed by atoms with Crippen molar-refractivity contribution in [3.8, 4) is 11.1 Å². The van der Waals surface area contributed by atoms with E-state index in [0.717, 1.165) is 0 Å². The van der Waals surface area contributed by atoms with E-state index in [0.29, 0.717) is 5.41 Å². The quantitative estimate of drug-likeness (QED) is 0.415. The molecule has 0 radical (unpaired) electrons. The Morgan fingerprint density at radius 2 is 1.38 bits per heavy atom. The molecule has 0 saturated heterocycles. The molecule has 13 heavy (non-hydrogen) atoms. The maximum Gasteiger partial charge on any atom is 1.00 e. The van der Waals surface area contributed by atoms with Crippen LogP contribution in [0.1, 0.15) is 0 Å². The van der Waals surface area contributed by atoms with Gasteiger partial charge in [-0.1, -0.05) is 30.8 Å². The zero-order valence-electron chi connectivity index (χ0n) is 7.23. The molecule has 0 aromatic rings. The molecule has 0 fully saturated rings. The Hall–Kier alpha value is -0.130. The van der Waals surface area contributed by atoms with Gasteiger partial charge in [-0.25, -0.2) is 8.42 Å². The summed E-state index contributed by atoms with van der Waals surface area (Å²) in [4.78, 5) is 0. The molecule has 0 bridgehead atoms. The average Bonchev–Trinajstić information content (AvgIpc) is 1.96. The van der Waals surface area contributed by atoms with Gasteiger partial charge in [0.05, 0.1) is 0 Å². The van der Waals surface area contributed by atoms with E-state index in [1.807, 2.05) is 0 Å². The molecule has 0 saturated carbocycles. The van der Waals surface area contributed by atoms with Crippen LogP contribution in [0.4, 0.5) is 0 Å². The molecule has 3 nitrogen and oxygen atoms in total. The van der Waals surface area contributed by atoms with E-state index in [2.05, 4.69) is 30.8 Å². The van der Waals surface area contributed by atoms with Crippen LogP contribution in [0.2, 0.25) is 0 Å². The van der Waals surface area contributed by atoms with E-state index in [4.69, 9.17) is 0 Å². The van der Waals surface area contributed by atoms with Crippen LogP contribution in [0, 0.1) is 0 Å².